The van der Waals surface area contributed by atoms with Gasteiger partial charge in [0.2, 0.25) is 0 Å². The molecule has 1 aromatic heterocycles. The number of nitrogens with one attached hydrogen (secondary N) is 2. The number of halogens is 1. The average molecular weight is 353 g/mol. The van der Waals surface area contributed by atoms with Crippen LogP contribution in [0.1, 0.15) is 45.4 Å². The highest BCUT2D eigenvalue weighted by molar-refractivity contribution is 6.20. The number of carbonyl (C=O) groups excluding carboxylic acids is 1. The van der Waals surface area contributed by atoms with Gasteiger partial charge in [-0.15, -0.1) is 11.6 Å². The smallest absolute Gasteiger partial charge is 0.119 e. The predicted molar refractivity (Wildman–Crippen MR) is 99.2 cm³/mol. The Morgan fingerprint density at radius 2 is 2.25 bits per heavy atom. The van der Waals surface area contributed by atoms with Gasteiger partial charge in [-0.25, -0.2) is 0 Å². The molecule has 0 spiro atoms. The summed E-state index contributed by atoms with van der Waals surface area (Å²) in [6, 6.07) is 0. The van der Waals surface area contributed by atoms with E-state index in [4.69, 9.17) is 11.6 Å². The number of unbranched alkanes of at least 4 members (excludes halogenated alkanes) is 1. The highest BCUT2D eigenvalue weighted by atomic mass is 35.5. The molecule has 1 aliphatic rings. The molecule has 2 N–H and O–H groups in total. The molecule has 0 amide bonds. The van der Waals surface area contributed by atoms with Crippen LogP contribution in [-0.4, -0.2) is 52.9 Å². The molecule has 134 valence electrons. The summed E-state index contributed by atoms with van der Waals surface area (Å²) in [6.45, 7) is 4.24. The normalized spacial score (nSPS) is 19.5. The molecule has 0 radical (unpaired) electrons. The Morgan fingerprint density at radius 3 is 2.83 bits per heavy atom. The molecule has 0 saturated carbocycles. The lowest BCUT2D eigenvalue weighted by Crippen LogP contribution is -2.52. The molecule has 5 nitrogen and oxygen atoms in total. The Balaban J connectivity index is 2.16. The van der Waals surface area contributed by atoms with E-state index >= 15 is 0 Å². The fourth-order valence-corrected chi connectivity index (χ4v) is 3.85. The van der Waals surface area contributed by atoms with E-state index in [2.05, 4.69) is 27.3 Å². The SMILES string of the molecule is CC/C(=c1/cn[nH]/c1=C/CCl)N1CCC(CCCC=O)(NC)CC1. The standard InChI is InChI=1S/C18H29ClN4O/c1-3-17(15-14-21-22-16(15)6-10-19)23-11-8-18(20-2,9-12-23)7-4-5-13-24/h6,13-14,20,22H,3-5,7-12H2,1-2H3/b16-6+,17-15+. The van der Waals surface area contributed by atoms with Gasteiger partial charge in [0.1, 0.15) is 6.29 Å². The highest BCUT2D eigenvalue weighted by Gasteiger charge is 2.32. The third kappa shape index (κ3) is 4.39. The number of aromatic amines is 1. The number of aldehydes is 1. The van der Waals surface area contributed by atoms with Crippen molar-refractivity contribution in [1.82, 2.24) is 20.4 Å². The minimum absolute atomic E-state index is 0.167. The number of likely N-dealkylation sites (tertiary alicyclic amines) is 1. The van der Waals surface area contributed by atoms with Gasteiger partial charge >= 0.3 is 0 Å². The van der Waals surface area contributed by atoms with E-state index in [1.807, 2.05) is 19.3 Å². The Hall–Kier alpha value is -1.33. The average Bonchev–Trinajstić information content (AvgIpc) is 3.06. The van der Waals surface area contributed by atoms with Crippen LogP contribution in [0.2, 0.25) is 0 Å². The topological polar surface area (TPSA) is 61.0 Å². The molecule has 2 heterocycles. The highest BCUT2D eigenvalue weighted by Crippen LogP contribution is 2.29. The van der Waals surface area contributed by atoms with Crippen LogP contribution >= 0.6 is 11.6 Å². The molecule has 1 fully saturated rings. The Kier molecular flexibility index (Phi) is 7.31. The quantitative estimate of drug-likeness (QED) is 0.421. The van der Waals surface area contributed by atoms with Gasteiger partial charge in [0.25, 0.3) is 0 Å². The Labute approximate surface area is 149 Å². The van der Waals surface area contributed by atoms with E-state index in [0.717, 1.165) is 62.0 Å². The van der Waals surface area contributed by atoms with E-state index in [9.17, 15) is 4.79 Å². The van der Waals surface area contributed by atoms with E-state index in [-0.39, 0.29) is 5.54 Å². The van der Waals surface area contributed by atoms with Crippen molar-refractivity contribution >= 4 is 29.7 Å². The second-order valence-corrected chi connectivity index (χ2v) is 6.74. The van der Waals surface area contributed by atoms with Crippen molar-refractivity contribution < 1.29 is 4.79 Å². The van der Waals surface area contributed by atoms with Crippen molar-refractivity contribution in [2.45, 2.75) is 51.0 Å². The van der Waals surface area contributed by atoms with Crippen LogP contribution in [-0.2, 0) is 4.79 Å². The lowest BCUT2D eigenvalue weighted by atomic mass is 9.82. The molecule has 1 aliphatic heterocycles. The summed E-state index contributed by atoms with van der Waals surface area (Å²) < 4.78 is 0. The Bertz CT molecular complexity index is 632. The van der Waals surface area contributed by atoms with E-state index in [1.54, 1.807) is 0 Å². The number of aromatic nitrogens is 2. The van der Waals surface area contributed by atoms with Gasteiger partial charge in [-0.2, -0.15) is 5.10 Å². The molecule has 24 heavy (non-hydrogen) atoms. The van der Waals surface area contributed by atoms with E-state index in [0.29, 0.717) is 12.3 Å². The molecular weight excluding hydrogens is 324 g/mol. The van der Waals surface area contributed by atoms with Crippen molar-refractivity contribution in [3.8, 4) is 0 Å². The largest absolute Gasteiger partial charge is 0.374 e. The zero-order valence-electron chi connectivity index (χ0n) is 14.8. The Morgan fingerprint density at radius 1 is 1.50 bits per heavy atom. The third-order valence-corrected chi connectivity index (χ3v) is 5.36. The van der Waals surface area contributed by atoms with Gasteiger partial charge in [-0.1, -0.05) is 6.92 Å². The predicted octanol–water partition coefficient (Wildman–Crippen LogP) is 1.37. The van der Waals surface area contributed by atoms with Gasteiger partial charge in [0.05, 0.1) is 11.5 Å². The number of carbonyl (C=O) groups is 1. The number of hydrogen-bond donors (Lipinski definition) is 2. The molecule has 0 unspecified atom stereocenters. The molecular formula is C18H29ClN4O. The third-order valence-electron chi connectivity index (χ3n) is 5.21. The molecule has 0 atom stereocenters. The first-order valence-electron chi connectivity index (χ1n) is 8.86. The fraction of sp³-hybridized carbons (Fsp3) is 0.667. The second-order valence-electron chi connectivity index (χ2n) is 6.43. The van der Waals surface area contributed by atoms with Crippen LogP contribution in [0, 0.1) is 0 Å². The van der Waals surface area contributed by atoms with Crippen LogP contribution in [0.5, 0.6) is 0 Å². The summed E-state index contributed by atoms with van der Waals surface area (Å²) in [5, 5.41) is 12.9. The maximum absolute atomic E-state index is 10.6. The molecule has 0 bridgehead atoms. The fourth-order valence-electron chi connectivity index (χ4n) is 3.70. The van der Waals surface area contributed by atoms with Gasteiger partial charge in [0.15, 0.2) is 0 Å². The molecule has 6 heteroatoms. The molecule has 1 aromatic rings. The van der Waals surface area contributed by atoms with Crippen LogP contribution in [0.3, 0.4) is 0 Å². The van der Waals surface area contributed by atoms with Crippen molar-refractivity contribution in [2.75, 3.05) is 26.0 Å². The molecule has 0 aromatic carbocycles. The van der Waals surface area contributed by atoms with Crippen molar-refractivity contribution in [2.24, 2.45) is 0 Å². The number of piperidine rings is 1. The van der Waals surface area contributed by atoms with Crippen molar-refractivity contribution in [1.29, 1.82) is 0 Å². The summed E-state index contributed by atoms with van der Waals surface area (Å²) in [4.78, 5) is 13.1. The summed E-state index contributed by atoms with van der Waals surface area (Å²) in [5.74, 6) is 0.478. The summed E-state index contributed by atoms with van der Waals surface area (Å²) >= 11 is 5.86. The zero-order valence-corrected chi connectivity index (χ0v) is 15.5. The van der Waals surface area contributed by atoms with Crippen molar-refractivity contribution in [3.63, 3.8) is 0 Å². The first kappa shape index (κ1) is 19.0. The minimum atomic E-state index is 0.167. The van der Waals surface area contributed by atoms with E-state index < -0.39 is 0 Å². The number of alkyl halides is 1. The number of nitrogens with zero attached hydrogens (tertiary/aromatic N) is 2. The first-order valence-corrected chi connectivity index (χ1v) is 9.39. The zero-order chi connectivity index (χ0) is 17.4. The van der Waals surface area contributed by atoms with E-state index in [1.165, 1.54) is 5.70 Å². The van der Waals surface area contributed by atoms with Crippen LogP contribution < -0.4 is 15.9 Å². The summed E-state index contributed by atoms with van der Waals surface area (Å²) in [5.41, 5.74) is 1.50. The maximum Gasteiger partial charge on any atom is 0.119 e. The number of rotatable bonds is 8. The summed E-state index contributed by atoms with van der Waals surface area (Å²) in [7, 11) is 2.05. The maximum atomic E-state index is 10.6. The monoisotopic (exact) mass is 352 g/mol. The number of H-pyrrole nitrogens is 1. The van der Waals surface area contributed by atoms with Crippen LogP contribution in [0.25, 0.3) is 11.8 Å². The molecule has 2 rings (SSSR count). The lowest BCUT2D eigenvalue weighted by molar-refractivity contribution is -0.108. The van der Waals surface area contributed by atoms with Crippen LogP contribution in [0.15, 0.2) is 6.20 Å². The lowest BCUT2D eigenvalue weighted by Gasteiger charge is -2.43. The molecule has 0 aliphatic carbocycles. The minimum Gasteiger partial charge on any atom is -0.374 e. The van der Waals surface area contributed by atoms with Crippen LogP contribution in [0.4, 0.5) is 0 Å². The first-order chi connectivity index (χ1) is 11.7. The summed E-state index contributed by atoms with van der Waals surface area (Å²) in [6.07, 6.45) is 10.8. The second kappa shape index (κ2) is 9.23. The van der Waals surface area contributed by atoms with Gasteiger partial charge in [-0.3, -0.25) is 5.10 Å². The van der Waals surface area contributed by atoms with Gasteiger partial charge < -0.3 is 15.0 Å². The van der Waals surface area contributed by atoms with Gasteiger partial charge in [0, 0.05) is 41.8 Å². The molecule has 1 saturated heterocycles. The van der Waals surface area contributed by atoms with Crippen molar-refractivity contribution in [3.05, 3.63) is 16.8 Å². The number of hydrogen-bond acceptors (Lipinski definition) is 4. The van der Waals surface area contributed by atoms with Gasteiger partial charge in [-0.05, 0) is 45.2 Å².